The van der Waals surface area contributed by atoms with E-state index in [0.29, 0.717) is 16.9 Å². The number of allylic oxidation sites excluding steroid dienone is 1. The minimum atomic E-state index is -0.632. The Morgan fingerprint density at radius 1 is 1.03 bits per heavy atom. The first-order valence-electron chi connectivity index (χ1n) is 9.53. The molecule has 6 heteroatoms. The number of halogens is 1. The topological polar surface area (TPSA) is 65.7 Å². The van der Waals surface area contributed by atoms with Crippen LogP contribution in [0, 0.1) is 6.92 Å². The molecule has 31 heavy (non-hydrogen) atoms. The maximum atomic E-state index is 12.7. The van der Waals surface area contributed by atoms with Gasteiger partial charge in [0.25, 0.3) is 0 Å². The Kier molecular flexibility index (Phi) is 4.71. The second-order valence-electron chi connectivity index (χ2n) is 7.14. The molecule has 1 aliphatic rings. The first-order chi connectivity index (χ1) is 15.0. The summed E-state index contributed by atoms with van der Waals surface area (Å²) in [6.07, 6.45) is 1.72. The highest BCUT2D eigenvalue weighted by atomic mass is 79.9. The van der Waals surface area contributed by atoms with Crippen molar-refractivity contribution in [1.29, 1.82) is 0 Å². The molecule has 0 saturated heterocycles. The number of aryl methyl sites for hydroxylation is 1. The number of ketones is 1. The van der Waals surface area contributed by atoms with Gasteiger partial charge >= 0.3 is 5.97 Å². The van der Waals surface area contributed by atoms with Gasteiger partial charge in [-0.25, -0.2) is 4.79 Å². The lowest BCUT2D eigenvalue weighted by atomic mass is 10.1. The average Bonchev–Trinajstić information content (AvgIpc) is 3.30. The molecule has 3 aromatic carbocycles. The van der Waals surface area contributed by atoms with E-state index in [1.165, 1.54) is 6.07 Å². The number of carbonyl (C=O) groups is 2. The van der Waals surface area contributed by atoms with Gasteiger partial charge < -0.3 is 13.9 Å². The summed E-state index contributed by atoms with van der Waals surface area (Å²) in [7, 11) is 0. The van der Waals surface area contributed by atoms with Crippen molar-refractivity contribution in [2.45, 2.75) is 6.92 Å². The molecule has 0 saturated carbocycles. The Hall–Kier alpha value is -3.64. The Bertz CT molecular complexity index is 1400. The van der Waals surface area contributed by atoms with E-state index in [-0.39, 0.29) is 23.1 Å². The zero-order valence-corrected chi connectivity index (χ0v) is 17.9. The van der Waals surface area contributed by atoms with E-state index < -0.39 is 5.97 Å². The van der Waals surface area contributed by atoms with Gasteiger partial charge in [0.15, 0.2) is 5.76 Å². The molecule has 0 spiro atoms. The number of esters is 1. The Labute approximate surface area is 186 Å². The molecule has 0 aliphatic carbocycles. The van der Waals surface area contributed by atoms with Gasteiger partial charge in [-0.15, -0.1) is 0 Å². The van der Waals surface area contributed by atoms with Crippen molar-refractivity contribution >= 4 is 44.7 Å². The Balaban J connectivity index is 1.38. The van der Waals surface area contributed by atoms with E-state index in [9.17, 15) is 9.59 Å². The van der Waals surface area contributed by atoms with Crippen LogP contribution in [0.2, 0.25) is 0 Å². The zero-order valence-electron chi connectivity index (χ0n) is 16.3. The molecular formula is C25H15BrO5. The highest BCUT2D eigenvalue weighted by Crippen LogP contribution is 2.35. The van der Waals surface area contributed by atoms with Crippen LogP contribution < -0.4 is 9.47 Å². The molecule has 2 heterocycles. The van der Waals surface area contributed by atoms with Crippen molar-refractivity contribution in [2.24, 2.45) is 0 Å². The van der Waals surface area contributed by atoms with Crippen LogP contribution in [-0.4, -0.2) is 11.8 Å². The van der Waals surface area contributed by atoms with Crippen LogP contribution in [0.3, 0.4) is 0 Å². The molecule has 1 aromatic heterocycles. The van der Waals surface area contributed by atoms with Gasteiger partial charge in [-0.3, -0.25) is 4.79 Å². The molecule has 0 N–H and O–H groups in total. The fourth-order valence-electron chi connectivity index (χ4n) is 3.39. The molecule has 5 rings (SSSR count). The largest absolute Gasteiger partial charge is 0.452 e. The van der Waals surface area contributed by atoms with Gasteiger partial charge in [0.1, 0.15) is 17.1 Å². The van der Waals surface area contributed by atoms with Crippen molar-refractivity contribution in [3.8, 4) is 11.5 Å². The molecule has 5 nitrogen and oxygen atoms in total. The standard InChI is InChI=1S/C25H15BrO5/c1-14-4-2-3-5-15(14)11-22-24(27)19-8-7-18(13-21(19)31-22)29-25(28)23-12-16-10-17(26)6-9-20(16)30-23/h2-13H,1H3/b22-11-. The molecule has 152 valence electrons. The Morgan fingerprint density at radius 2 is 1.87 bits per heavy atom. The number of fused-ring (bicyclic) bond motifs is 2. The van der Waals surface area contributed by atoms with E-state index in [0.717, 1.165) is 21.0 Å². The lowest BCUT2D eigenvalue weighted by molar-refractivity contribution is 0.0703. The SMILES string of the molecule is Cc1ccccc1/C=C1\Oc2cc(OC(=O)c3cc4cc(Br)ccc4o3)ccc2C1=O. The van der Waals surface area contributed by atoms with Crippen molar-refractivity contribution in [3.05, 3.63) is 99.4 Å². The second kappa shape index (κ2) is 7.56. The summed E-state index contributed by atoms with van der Waals surface area (Å²) in [6.45, 7) is 1.97. The van der Waals surface area contributed by atoms with E-state index in [1.807, 2.05) is 43.3 Å². The van der Waals surface area contributed by atoms with Gasteiger partial charge in [0, 0.05) is 15.9 Å². The summed E-state index contributed by atoms with van der Waals surface area (Å²) < 4.78 is 17.7. The number of ether oxygens (including phenoxy) is 2. The highest BCUT2D eigenvalue weighted by molar-refractivity contribution is 9.10. The smallest absolute Gasteiger partial charge is 0.379 e. The first kappa shape index (κ1) is 19.3. The zero-order chi connectivity index (χ0) is 21.5. The summed E-state index contributed by atoms with van der Waals surface area (Å²) in [5.41, 5.74) is 2.95. The summed E-state index contributed by atoms with van der Waals surface area (Å²) in [6, 6.07) is 19.5. The van der Waals surface area contributed by atoms with Gasteiger partial charge in [0.2, 0.25) is 11.5 Å². The molecule has 0 radical (unpaired) electrons. The van der Waals surface area contributed by atoms with Crippen LogP contribution >= 0.6 is 15.9 Å². The summed E-state index contributed by atoms with van der Waals surface area (Å²) in [4.78, 5) is 25.2. The molecule has 0 atom stereocenters. The average molecular weight is 475 g/mol. The summed E-state index contributed by atoms with van der Waals surface area (Å²) in [5, 5.41) is 0.787. The molecule has 0 amide bonds. The fraction of sp³-hybridized carbons (Fsp3) is 0.0400. The third-order valence-electron chi connectivity index (χ3n) is 5.01. The highest BCUT2D eigenvalue weighted by Gasteiger charge is 2.28. The molecule has 0 bridgehead atoms. The number of rotatable bonds is 3. The molecular weight excluding hydrogens is 460 g/mol. The van der Waals surface area contributed by atoms with Crippen molar-refractivity contribution in [3.63, 3.8) is 0 Å². The number of Topliss-reactive ketones (excluding diaryl/α,β-unsaturated/α-hetero) is 1. The van der Waals surface area contributed by atoms with Crippen molar-refractivity contribution in [1.82, 2.24) is 0 Å². The molecule has 0 fully saturated rings. The summed E-state index contributed by atoms with van der Waals surface area (Å²) >= 11 is 3.39. The molecule has 4 aromatic rings. The lowest BCUT2D eigenvalue weighted by Crippen LogP contribution is -2.07. The van der Waals surface area contributed by atoms with E-state index in [1.54, 1.807) is 30.3 Å². The van der Waals surface area contributed by atoms with Gasteiger partial charge in [-0.1, -0.05) is 40.2 Å². The maximum Gasteiger partial charge on any atom is 0.379 e. The molecule has 1 aliphatic heterocycles. The predicted octanol–water partition coefficient (Wildman–Crippen LogP) is 6.34. The van der Waals surface area contributed by atoms with Crippen LogP contribution in [0.25, 0.3) is 17.0 Å². The van der Waals surface area contributed by atoms with Crippen molar-refractivity contribution < 1.29 is 23.5 Å². The quantitative estimate of drug-likeness (QED) is 0.197. The normalized spacial score (nSPS) is 14.0. The number of furan rings is 1. The van der Waals surface area contributed by atoms with Crippen LogP contribution in [0.15, 0.2) is 81.4 Å². The Morgan fingerprint density at radius 3 is 2.71 bits per heavy atom. The maximum absolute atomic E-state index is 12.7. The third-order valence-corrected chi connectivity index (χ3v) is 5.50. The first-order valence-corrected chi connectivity index (χ1v) is 10.3. The van der Waals surface area contributed by atoms with Crippen LogP contribution in [0.5, 0.6) is 11.5 Å². The number of benzene rings is 3. The number of carbonyl (C=O) groups excluding carboxylic acids is 2. The van der Waals surface area contributed by atoms with E-state index in [4.69, 9.17) is 13.9 Å². The minimum absolute atomic E-state index is 0.0886. The van der Waals surface area contributed by atoms with E-state index >= 15 is 0 Å². The summed E-state index contributed by atoms with van der Waals surface area (Å²) in [5.74, 6) is 0.0895. The van der Waals surface area contributed by atoms with Crippen LogP contribution in [0.1, 0.15) is 32.0 Å². The monoisotopic (exact) mass is 474 g/mol. The third kappa shape index (κ3) is 3.66. The van der Waals surface area contributed by atoms with Gasteiger partial charge in [0.05, 0.1) is 5.56 Å². The van der Waals surface area contributed by atoms with Crippen molar-refractivity contribution in [2.75, 3.05) is 0 Å². The van der Waals surface area contributed by atoms with Gasteiger partial charge in [-0.2, -0.15) is 0 Å². The fourth-order valence-corrected chi connectivity index (χ4v) is 3.77. The second-order valence-corrected chi connectivity index (χ2v) is 8.05. The molecule has 0 unspecified atom stereocenters. The van der Waals surface area contributed by atoms with E-state index in [2.05, 4.69) is 15.9 Å². The van der Waals surface area contributed by atoms with Crippen LogP contribution in [-0.2, 0) is 0 Å². The number of hydrogen-bond acceptors (Lipinski definition) is 5. The van der Waals surface area contributed by atoms with Crippen LogP contribution in [0.4, 0.5) is 0 Å². The lowest BCUT2D eigenvalue weighted by Gasteiger charge is -2.04. The predicted molar refractivity (Wildman–Crippen MR) is 119 cm³/mol. The van der Waals surface area contributed by atoms with Gasteiger partial charge in [-0.05, 0) is 60.5 Å². The number of hydrogen-bond donors (Lipinski definition) is 0. The minimum Gasteiger partial charge on any atom is -0.452 e.